The molecule has 1 amide bonds. The van der Waals surface area contributed by atoms with Crippen molar-refractivity contribution in [3.8, 4) is 11.5 Å². The van der Waals surface area contributed by atoms with E-state index in [-0.39, 0.29) is 19.2 Å². The predicted molar refractivity (Wildman–Crippen MR) is 109 cm³/mol. The van der Waals surface area contributed by atoms with Gasteiger partial charge < -0.3 is 14.8 Å². The Balaban J connectivity index is 2.00. The highest BCUT2D eigenvalue weighted by Crippen LogP contribution is 2.23. The average molecular weight is 407 g/mol. The Morgan fingerprint density at radius 3 is 2.54 bits per heavy atom. The smallest absolute Gasteiger partial charge is 0.241 e. The van der Waals surface area contributed by atoms with Crippen molar-refractivity contribution >= 4 is 21.6 Å². The van der Waals surface area contributed by atoms with Crippen molar-refractivity contribution in [3.63, 3.8) is 0 Å². The van der Waals surface area contributed by atoms with E-state index in [0.717, 1.165) is 21.9 Å². The Morgan fingerprint density at radius 2 is 1.89 bits per heavy atom. The summed E-state index contributed by atoms with van der Waals surface area (Å²) in [7, 11) is -2.16. The fourth-order valence-corrected chi connectivity index (χ4v) is 3.44. The largest absolute Gasteiger partial charge is 0.497 e. The number of hydrogen-bond acceptors (Lipinski definition) is 5. The molecule has 0 radical (unpaired) electrons. The Bertz CT molecular complexity index is 914. The number of sulfonamides is 1. The minimum Gasteiger partial charge on any atom is -0.497 e. The van der Waals surface area contributed by atoms with Gasteiger partial charge in [0, 0.05) is 6.07 Å². The molecule has 0 aromatic heterocycles. The highest BCUT2D eigenvalue weighted by molar-refractivity contribution is 7.92. The zero-order chi connectivity index (χ0) is 20.7. The van der Waals surface area contributed by atoms with E-state index < -0.39 is 15.9 Å². The number of methoxy groups -OCH3 is 1. The molecule has 0 saturated heterocycles. The van der Waals surface area contributed by atoms with Crippen LogP contribution in [0.2, 0.25) is 0 Å². The van der Waals surface area contributed by atoms with Gasteiger partial charge in [0.25, 0.3) is 0 Å². The first-order valence-electron chi connectivity index (χ1n) is 8.80. The van der Waals surface area contributed by atoms with Crippen molar-refractivity contribution in [2.75, 3.05) is 30.8 Å². The summed E-state index contributed by atoms with van der Waals surface area (Å²) < 4.78 is 36.3. The van der Waals surface area contributed by atoms with Crippen LogP contribution in [0.15, 0.2) is 48.5 Å². The first-order chi connectivity index (χ1) is 13.2. The standard InChI is InChI=1S/C20H26N2O5S/c1-15-8-5-6-11-19(15)27-14-16(2)21-20(23)13-22(28(4,24)25)17-9-7-10-18(12-17)26-3/h5-12,16H,13-14H2,1-4H3,(H,21,23)/t16-/m1/s1. The lowest BCUT2D eigenvalue weighted by atomic mass is 10.2. The van der Waals surface area contributed by atoms with Gasteiger partial charge in [0.15, 0.2) is 0 Å². The molecule has 1 atom stereocenters. The fraction of sp³-hybridized carbons (Fsp3) is 0.350. The SMILES string of the molecule is COc1cccc(N(CC(=O)N[C@H](C)COc2ccccc2C)S(C)(=O)=O)c1. The van der Waals surface area contributed by atoms with Gasteiger partial charge in [-0.3, -0.25) is 9.10 Å². The van der Waals surface area contributed by atoms with Crippen LogP contribution in [0.1, 0.15) is 12.5 Å². The summed E-state index contributed by atoms with van der Waals surface area (Å²) in [6, 6.07) is 13.9. The summed E-state index contributed by atoms with van der Waals surface area (Å²) in [5, 5.41) is 2.77. The molecule has 0 heterocycles. The summed E-state index contributed by atoms with van der Waals surface area (Å²) in [5.41, 5.74) is 1.36. The van der Waals surface area contributed by atoms with Crippen molar-refractivity contribution in [1.82, 2.24) is 5.32 Å². The fourth-order valence-electron chi connectivity index (χ4n) is 2.59. The summed E-state index contributed by atoms with van der Waals surface area (Å²) >= 11 is 0. The maximum Gasteiger partial charge on any atom is 0.241 e. The summed E-state index contributed by atoms with van der Waals surface area (Å²) in [6.07, 6.45) is 1.06. The molecular formula is C20H26N2O5S. The van der Waals surface area contributed by atoms with E-state index in [1.54, 1.807) is 31.2 Å². The number of hydrogen-bond donors (Lipinski definition) is 1. The minimum absolute atomic E-state index is 0.272. The topological polar surface area (TPSA) is 84.9 Å². The Morgan fingerprint density at radius 1 is 1.18 bits per heavy atom. The van der Waals surface area contributed by atoms with Gasteiger partial charge >= 0.3 is 0 Å². The number of rotatable bonds is 9. The quantitative estimate of drug-likeness (QED) is 0.691. The molecule has 0 aliphatic carbocycles. The monoisotopic (exact) mass is 406 g/mol. The lowest BCUT2D eigenvalue weighted by Gasteiger charge is -2.23. The third-order valence-electron chi connectivity index (χ3n) is 4.02. The van der Waals surface area contributed by atoms with Crippen LogP contribution >= 0.6 is 0 Å². The molecule has 0 saturated carbocycles. The van der Waals surface area contributed by atoms with E-state index in [4.69, 9.17) is 9.47 Å². The van der Waals surface area contributed by atoms with Crippen LogP contribution in [0.5, 0.6) is 11.5 Å². The molecule has 2 rings (SSSR count). The number of carbonyl (C=O) groups is 1. The number of nitrogens with one attached hydrogen (secondary N) is 1. The number of benzene rings is 2. The second kappa shape index (κ2) is 9.45. The molecule has 0 fully saturated rings. The van der Waals surface area contributed by atoms with Crippen LogP contribution in [0, 0.1) is 6.92 Å². The normalized spacial score (nSPS) is 12.1. The average Bonchev–Trinajstić information content (AvgIpc) is 2.64. The molecule has 0 spiro atoms. The maximum atomic E-state index is 12.4. The number of amides is 1. The second-order valence-electron chi connectivity index (χ2n) is 6.52. The van der Waals surface area contributed by atoms with Crippen molar-refractivity contribution in [2.45, 2.75) is 19.9 Å². The van der Waals surface area contributed by atoms with Crippen LogP contribution in [-0.2, 0) is 14.8 Å². The molecule has 0 bridgehead atoms. The molecule has 8 heteroatoms. The first-order valence-corrected chi connectivity index (χ1v) is 10.6. The number of anilines is 1. The molecule has 0 unspecified atom stereocenters. The number of aryl methyl sites for hydroxylation is 1. The van der Waals surface area contributed by atoms with E-state index in [2.05, 4.69) is 5.32 Å². The van der Waals surface area contributed by atoms with Crippen LogP contribution in [0.25, 0.3) is 0 Å². The van der Waals surface area contributed by atoms with Gasteiger partial charge in [0.2, 0.25) is 15.9 Å². The summed E-state index contributed by atoms with van der Waals surface area (Å²) in [6.45, 7) is 3.68. The number of nitrogens with zero attached hydrogens (tertiary/aromatic N) is 1. The molecule has 7 nitrogen and oxygen atoms in total. The first kappa shape index (κ1) is 21.6. The van der Waals surface area contributed by atoms with Crippen LogP contribution in [0.4, 0.5) is 5.69 Å². The Labute approximate surface area is 166 Å². The summed E-state index contributed by atoms with van der Waals surface area (Å²) in [4.78, 5) is 12.4. The highest BCUT2D eigenvalue weighted by atomic mass is 32.2. The van der Waals surface area contributed by atoms with Crippen LogP contribution in [0.3, 0.4) is 0 Å². The molecule has 1 N–H and O–H groups in total. The molecule has 28 heavy (non-hydrogen) atoms. The molecule has 152 valence electrons. The van der Waals surface area contributed by atoms with Crippen molar-refractivity contribution < 1.29 is 22.7 Å². The lowest BCUT2D eigenvalue weighted by Crippen LogP contribution is -2.44. The van der Waals surface area contributed by atoms with Gasteiger partial charge in [-0.2, -0.15) is 0 Å². The second-order valence-corrected chi connectivity index (χ2v) is 8.42. The summed E-state index contributed by atoms with van der Waals surface area (Å²) in [5.74, 6) is 0.832. The van der Waals surface area contributed by atoms with E-state index in [9.17, 15) is 13.2 Å². The van der Waals surface area contributed by atoms with E-state index >= 15 is 0 Å². The van der Waals surface area contributed by atoms with Crippen molar-refractivity contribution in [2.24, 2.45) is 0 Å². The van der Waals surface area contributed by atoms with Crippen molar-refractivity contribution in [3.05, 3.63) is 54.1 Å². The van der Waals surface area contributed by atoms with Gasteiger partial charge in [-0.15, -0.1) is 0 Å². The van der Waals surface area contributed by atoms with Gasteiger partial charge in [-0.25, -0.2) is 8.42 Å². The number of carbonyl (C=O) groups excluding carboxylic acids is 1. The minimum atomic E-state index is -3.65. The van der Waals surface area contributed by atoms with Crippen LogP contribution < -0.4 is 19.1 Å². The molecule has 2 aromatic carbocycles. The van der Waals surface area contributed by atoms with E-state index in [1.165, 1.54) is 7.11 Å². The van der Waals surface area contributed by atoms with Gasteiger partial charge in [-0.05, 0) is 37.6 Å². The number of para-hydroxylation sites is 1. The zero-order valence-electron chi connectivity index (χ0n) is 16.5. The zero-order valence-corrected chi connectivity index (χ0v) is 17.3. The third kappa shape index (κ3) is 6.16. The lowest BCUT2D eigenvalue weighted by molar-refractivity contribution is -0.120. The predicted octanol–water partition coefficient (Wildman–Crippen LogP) is 2.35. The van der Waals surface area contributed by atoms with Gasteiger partial charge in [0.05, 0.1) is 25.1 Å². The van der Waals surface area contributed by atoms with E-state index in [1.807, 2.05) is 31.2 Å². The Hall–Kier alpha value is -2.74. The van der Waals surface area contributed by atoms with Crippen molar-refractivity contribution in [1.29, 1.82) is 0 Å². The van der Waals surface area contributed by atoms with E-state index in [0.29, 0.717) is 11.4 Å². The molecule has 0 aliphatic rings. The van der Waals surface area contributed by atoms with Gasteiger partial charge in [0.1, 0.15) is 24.7 Å². The third-order valence-corrected chi connectivity index (χ3v) is 5.16. The molecule has 2 aromatic rings. The van der Waals surface area contributed by atoms with Gasteiger partial charge in [-0.1, -0.05) is 24.3 Å². The van der Waals surface area contributed by atoms with Crippen LogP contribution in [-0.4, -0.2) is 46.9 Å². The highest BCUT2D eigenvalue weighted by Gasteiger charge is 2.22. The molecular weight excluding hydrogens is 380 g/mol. The Kier molecular flexibility index (Phi) is 7.28. The molecule has 0 aliphatic heterocycles. The maximum absolute atomic E-state index is 12.4. The number of ether oxygens (including phenoxy) is 2.